The molecule has 5 rings (SSSR count). The third kappa shape index (κ3) is 1.37. The lowest BCUT2D eigenvalue weighted by atomic mass is 10.1. The van der Waals surface area contributed by atoms with E-state index >= 15 is 0 Å². The SMILES string of the molecule is Fc1ccc2c(c1)c1ccccc1n1c3ccsc3[c-][n+]21. The smallest absolute Gasteiger partial charge is 0.166 e. The summed E-state index contributed by atoms with van der Waals surface area (Å²) in [5.74, 6) is -0.217. The Hall–Kier alpha value is -2.46. The normalized spacial score (nSPS) is 12.0. The van der Waals surface area contributed by atoms with Crippen molar-refractivity contribution >= 4 is 43.4 Å². The Morgan fingerprint density at radius 3 is 2.86 bits per heavy atom. The topological polar surface area (TPSA) is 8.51 Å². The van der Waals surface area contributed by atoms with Crippen LogP contribution in [0.3, 0.4) is 0 Å². The molecule has 2 nitrogen and oxygen atoms in total. The number of para-hydroxylation sites is 1. The third-order valence-corrected chi connectivity index (χ3v) is 4.70. The molecular weight excluding hydrogens is 283 g/mol. The first-order chi connectivity index (χ1) is 10.3. The van der Waals surface area contributed by atoms with Crippen molar-refractivity contribution in [3.63, 3.8) is 0 Å². The van der Waals surface area contributed by atoms with Crippen molar-refractivity contribution in [2.45, 2.75) is 0 Å². The number of hydrogen-bond acceptors (Lipinski definition) is 1. The zero-order valence-electron chi connectivity index (χ0n) is 10.9. The summed E-state index contributed by atoms with van der Waals surface area (Å²) in [5.41, 5.74) is 3.14. The van der Waals surface area contributed by atoms with Gasteiger partial charge in [0.25, 0.3) is 0 Å². The van der Waals surface area contributed by atoms with Crippen molar-refractivity contribution in [1.29, 1.82) is 0 Å². The number of thiophene rings is 1. The summed E-state index contributed by atoms with van der Waals surface area (Å²) >= 11 is 1.66. The van der Waals surface area contributed by atoms with E-state index in [2.05, 4.69) is 28.2 Å². The lowest BCUT2D eigenvalue weighted by Crippen LogP contribution is -2.29. The van der Waals surface area contributed by atoms with Gasteiger partial charge in [-0.3, -0.25) is 0 Å². The van der Waals surface area contributed by atoms with Gasteiger partial charge in [0.1, 0.15) is 11.3 Å². The van der Waals surface area contributed by atoms with Crippen LogP contribution >= 0.6 is 11.3 Å². The first-order valence-corrected chi connectivity index (χ1v) is 7.54. The van der Waals surface area contributed by atoms with E-state index in [1.165, 1.54) is 6.07 Å². The molecule has 100 valence electrons. The van der Waals surface area contributed by atoms with Crippen molar-refractivity contribution in [3.05, 3.63) is 65.9 Å². The molecule has 0 amide bonds. The highest BCUT2D eigenvalue weighted by Gasteiger charge is 2.13. The van der Waals surface area contributed by atoms with Crippen LogP contribution < -0.4 is 4.52 Å². The Bertz CT molecular complexity index is 1130. The summed E-state index contributed by atoms with van der Waals surface area (Å²) in [6.07, 6.45) is 3.39. The Kier molecular flexibility index (Phi) is 2.03. The number of hydrogen-bond donors (Lipinski definition) is 0. The molecule has 0 fully saturated rings. The molecule has 0 aliphatic rings. The first-order valence-electron chi connectivity index (χ1n) is 6.66. The molecule has 4 heteroatoms. The van der Waals surface area contributed by atoms with Crippen LogP contribution in [0, 0.1) is 12.0 Å². The minimum absolute atomic E-state index is 0.217. The number of aromatic nitrogens is 2. The van der Waals surface area contributed by atoms with Crippen molar-refractivity contribution < 1.29 is 8.91 Å². The standard InChI is InChI=1S/C17H9FN2S/c18-11-5-6-14-13(9-11)12-3-1-2-4-15(12)20-16-7-8-21-17(16)10-19(14)20/h1-9H. The van der Waals surface area contributed by atoms with E-state index in [0.717, 1.165) is 32.0 Å². The molecule has 0 atom stereocenters. The third-order valence-electron chi connectivity index (χ3n) is 3.89. The molecule has 2 aromatic carbocycles. The fourth-order valence-electron chi connectivity index (χ4n) is 3.01. The van der Waals surface area contributed by atoms with Crippen LogP contribution in [0.15, 0.2) is 53.9 Å². The fraction of sp³-hybridized carbons (Fsp3) is 0. The Balaban J connectivity index is 2.23. The largest absolute Gasteiger partial charge is 0.207 e. The molecule has 0 N–H and O–H groups in total. The monoisotopic (exact) mass is 292 g/mol. The average Bonchev–Trinajstić information content (AvgIpc) is 3.08. The quantitative estimate of drug-likeness (QED) is 0.232. The van der Waals surface area contributed by atoms with Crippen LogP contribution in [0.1, 0.15) is 0 Å². The maximum absolute atomic E-state index is 13.7. The van der Waals surface area contributed by atoms with Gasteiger partial charge >= 0.3 is 0 Å². The molecule has 21 heavy (non-hydrogen) atoms. The molecular formula is C17H9FN2S. The summed E-state index contributed by atoms with van der Waals surface area (Å²) in [7, 11) is 0. The summed E-state index contributed by atoms with van der Waals surface area (Å²) < 4.78 is 18.9. The van der Waals surface area contributed by atoms with Gasteiger partial charge in [-0.2, -0.15) is 20.4 Å². The van der Waals surface area contributed by atoms with Crippen LogP contribution in [-0.4, -0.2) is 4.52 Å². The summed E-state index contributed by atoms with van der Waals surface area (Å²) in [6, 6.07) is 15.1. The molecule has 0 aliphatic heterocycles. The van der Waals surface area contributed by atoms with Crippen molar-refractivity contribution in [2.24, 2.45) is 0 Å². The van der Waals surface area contributed by atoms with Crippen LogP contribution in [0.25, 0.3) is 32.0 Å². The van der Waals surface area contributed by atoms with Gasteiger partial charge in [-0.15, -0.1) is 0 Å². The van der Waals surface area contributed by atoms with Crippen molar-refractivity contribution in [2.75, 3.05) is 0 Å². The van der Waals surface area contributed by atoms with Crippen molar-refractivity contribution in [1.82, 2.24) is 4.52 Å². The Morgan fingerprint density at radius 2 is 1.90 bits per heavy atom. The lowest BCUT2D eigenvalue weighted by Gasteiger charge is -2.08. The van der Waals surface area contributed by atoms with Gasteiger partial charge in [-0.25, -0.2) is 4.39 Å². The maximum Gasteiger partial charge on any atom is 0.166 e. The second-order valence-electron chi connectivity index (χ2n) is 5.05. The molecule has 0 saturated heterocycles. The molecule has 0 aliphatic carbocycles. The molecule has 3 aromatic heterocycles. The number of benzene rings is 2. The summed E-state index contributed by atoms with van der Waals surface area (Å²) in [4.78, 5) is 0. The predicted octanol–water partition coefficient (Wildman–Crippen LogP) is 3.99. The van der Waals surface area contributed by atoms with Gasteiger partial charge in [-0.05, 0) is 29.6 Å². The van der Waals surface area contributed by atoms with Gasteiger partial charge in [0.15, 0.2) is 6.20 Å². The van der Waals surface area contributed by atoms with Gasteiger partial charge < -0.3 is 0 Å². The van der Waals surface area contributed by atoms with E-state index in [-0.39, 0.29) is 5.82 Å². The van der Waals surface area contributed by atoms with E-state index in [1.807, 2.05) is 28.8 Å². The highest BCUT2D eigenvalue weighted by molar-refractivity contribution is 7.17. The summed E-state index contributed by atoms with van der Waals surface area (Å²) in [6.45, 7) is 0. The average molecular weight is 292 g/mol. The van der Waals surface area contributed by atoms with Gasteiger partial charge in [0.05, 0.1) is 5.52 Å². The number of fused-ring (bicyclic) bond motifs is 8. The Morgan fingerprint density at radius 1 is 1.00 bits per heavy atom. The van der Waals surface area contributed by atoms with E-state index in [9.17, 15) is 4.39 Å². The number of rotatable bonds is 0. The first kappa shape index (κ1) is 11.2. The molecule has 5 aromatic rings. The van der Waals surface area contributed by atoms with E-state index in [4.69, 9.17) is 0 Å². The van der Waals surface area contributed by atoms with E-state index in [0.29, 0.717) is 0 Å². The summed E-state index contributed by atoms with van der Waals surface area (Å²) in [5, 5.41) is 4.02. The molecule has 0 spiro atoms. The van der Waals surface area contributed by atoms with Gasteiger partial charge in [0, 0.05) is 21.0 Å². The highest BCUT2D eigenvalue weighted by atomic mass is 32.1. The van der Waals surface area contributed by atoms with Gasteiger partial charge in [0.2, 0.25) is 0 Å². The fourth-order valence-corrected chi connectivity index (χ4v) is 3.75. The lowest BCUT2D eigenvalue weighted by molar-refractivity contribution is -0.588. The van der Waals surface area contributed by atoms with Crippen LogP contribution in [-0.2, 0) is 0 Å². The molecule has 0 unspecified atom stereocenters. The zero-order valence-corrected chi connectivity index (χ0v) is 11.7. The zero-order chi connectivity index (χ0) is 14.0. The van der Waals surface area contributed by atoms with Crippen LogP contribution in [0.2, 0.25) is 0 Å². The molecule has 0 bridgehead atoms. The Labute approximate surface area is 123 Å². The number of nitrogens with zero attached hydrogens (tertiary/aromatic N) is 2. The highest BCUT2D eigenvalue weighted by Crippen LogP contribution is 2.27. The van der Waals surface area contributed by atoms with Crippen LogP contribution in [0.5, 0.6) is 0 Å². The minimum atomic E-state index is -0.217. The molecule has 0 radical (unpaired) electrons. The molecule has 0 saturated carbocycles. The maximum atomic E-state index is 13.7. The predicted molar refractivity (Wildman–Crippen MR) is 82.2 cm³/mol. The van der Waals surface area contributed by atoms with Gasteiger partial charge in [-0.1, -0.05) is 24.3 Å². The van der Waals surface area contributed by atoms with Crippen LogP contribution in [0.4, 0.5) is 4.39 Å². The van der Waals surface area contributed by atoms with E-state index < -0.39 is 0 Å². The second-order valence-corrected chi connectivity index (χ2v) is 5.97. The van der Waals surface area contributed by atoms with Crippen molar-refractivity contribution in [3.8, 4) is 0 Å². The molecule has 3 heterocycles. The second kappa shape index (κ2) is 3.80. The minimum Gasteiger partial charge on any atom is -0.207 e. The van der Waals surface area contributed by atoms with E-state index in [1.54, 1.807) is 17.4 Å². The number of halogens is 1.